The molecule has 0 aromatic carbocycles. The Balaban J connectivity index is 1.53. The number of hydrogen-bond donors (Lipinski definition) is 0. The van der Waals surface area contributed by atoms with Crippen LogP contribution in [-0.4, -0.2) is 159 Å². The molecule has 16 atom stereocenters. The summed E-state index contributed by atoms with van der Waals surface area (Å²) in [5.74, 6) is -9.23. The number of fused-ring (bicyclic) bond motifs is 3. The Morgan fingerprint density at radius 2 is 0.857 bits per heavy atom. The largest absolute Gasteiger partial charge is 0.472 e. The number of epoxide rings is 1. The zero-order valence-electron chi connectivity index (χ0n) is 35.7. The van der Waals surface area contributed by atoms with Crippen LogP contribution in [0.25, 0.3) is 0 Å². The fourth-order valence-corrected chi connectivity index (χ4v) is 8.08. The average Bonchev–Trinajstić information content (AvgIpc) is 3.83. The van der Waals surface area contributed by atoms with Gasteiger partial charge >= 0.3 is 53.7 Å². The van der Waals surface area contributed by atoms with Crippen LogP contribution in [-0.2, 0) is 114 Å². The van der Waals surface area contributed by atoms with Crippen LogP contribution in [0.3, 0.4) is 0 Å². The Labute approximate surface area is 359 Å². The van der Waals surface area contributed by atoms with Crippen molar-refractivity contribution in [1.82, 2.24) is 0 Å². The molecule has 4 aliphatic heterocycles. The highest BCUT2D eigenvalue weighted by molar-refractivity contribution is 5.70. The van der Waals surface area contributed by atoms with Crippen LogP contribution in [0, 0.1) is 11.8 Å². The average molecular weight is 903 g/mol. The van der Waals surface area contributed by atoms with Gasteiger partial charge in [0.15, 0.2) is 42.9 Å². The van der Waals surface area contributed by atoms with E-state index in [1.807, 2.05) is 0 Å². The molecule has 3 saturated heterocycles. The molecule has 350 valence electrons. The van der Waals surface area contributed by atoms with Crippen LogP contribution in [0.5, 0.6) is 0 Å². The maximum atomic E-state index is 12.5. The molecule has 0 spiro atoms. The fourth-order valence-electron chi connectivity index (χ4n) is 8.08. The van der Waals surface area contributed by atoms with Crippen LogP contribution >= 0.6 is 0 Å². The van der Waals surface area contributed by atoms with E-state index in [1.54, 1.807) is 6.08 Å². The maximum absolute atomic E-state index is 12.5. The van der Waals surface area contributed by atoms with Crippen LogP contribution < -0.4 is 0 Å². The molecule has 5 rings (SSSR count). The first-order valence-corrected chi connectivity index (χ1v) is 19.7. The Hall–Kier alpha value is -5.43. The summed E-state index contributed by atoms with van der Waals surface area (Å²) in [6.45, 7) is 8.25. The quantitative estimate of drug-likeness (QED) is 0.106. The number of rotatable bonds is 16. The van der Waals surface area contributed by atoms with Crippen LogP contribution in [0.15, 0.2) is 12.3 Å². The Kier molecular flexibility index (Phi) is 15.7. The van der Waals surface area contributed by atoms with E-state index in [2.05, 4.69) is 0 Å². The third kappa shape index (κ3) is 11.8. The molecule has 4 heterocycles. The lowest BCUT2D eigenvalue weighted by Crippen LogP contribution is -2.64. The van der Waals surface area contributed by atoms with Gasteiger partial charge in [0.25, 0.3) is 0 Å². The van der Waals surface area contributed by atoms with Crippen molar-refractivity contribution >= 4 is 53.7 Å². The second-order valence-corrected chi connectivity index (χ2v) is 15.1. The summed E-state index contributed by atoms with van der Waals surface area (Å²) in [5, 5.41) is 0. The van der Waals surface area contributed by atoms with E-state index in [9.17, 15) is 43.2 Å². The first-order valence-electron chi connectivity index (χ1n) is 19.7. The van der Waals surface area contributed by atoms with Gasteiger partial charge in [0.1, 0.15) is 43.7 Å². The van der Waals surface area contributed by atoms with Gasteiger partial charge in [-0.15, -0.1) is 0 Å². The minimum absolute atomic E-state index is 0.401. The predicted molar refractivity (Wildman–Crippen MR) is 195 cm³/mol. The monoisotopic (exact) mass is 902 g/mol. The summed E-state index contributed by atoms with van der Waals surface area (Å²) in [7, 11) is 0. The first kappa shape index (κ1) is 48.6. The van der Waals surface area contributed by atoms with Gasteiger partial charge in [-0.05, 0) is 6.08 Å². The van der Waals surface area contributed by atoms with E-state index in [1.165, 1.54) is 6.26 Å². The Bertz CT molecular complexity index is 1810. The summed E-state index contributed by atoms with van der Waals surface area (Å²) >= 11 is 0. The van der Waals surface area contributed by atoms with Crippen molar-refractivity contribution in [2.75, 3.05) is 19.8 Å². The summed E-state index contributed by atoms with van der Waals surface area (Å²) in [6, 6.07) is 0. The van der Waals surface area contributed by atoms with Gasteiger partial charge in [-0.2, -0.15) is 0 Å². The van der Waals surface area contributed by atoms with Gasteiger partial charge in [0, 0.05) is 68.2 Å². The standard InChI is InChI=1S/C39H50O24/c1-15(40)50-12-25-29(53-18(4)43)31(55-20(6)45)33(57-22(8)47)37(59-25)61-28-24-10-11-49-36(27(24)39(35(28)63-39)14-52-17(3)42)62-38-34(58-23(9)48)32(56-21(7)46)30(54-19(5)44)26(60-38)13-51-16(2)41/h10-11,24-38H,12-14H2,1-9H3. The molecule has 0 N–H and O–H groups in total. The highest BCUT2D eigenvalue weighted by Gasteiger charge is 2.78. The first-order chi connectivity index (χ1) is 29.6. The molecule has 4 fully saturated rings. The van der Waals surface area contributed by atoms with Crippen molar-refractivity contribution in [2.45, 2.75) is 148 Å². The van der Waals surface area contributed by atoms with Crippen LogP contribution in [0.4, 0.5) is 0 Å². The van der Waals surface area contributed by atoms with Crippen molar-refractivity contribution in [1.29, 1.82) is 0 Å². The highest BCUT2D eigenvalue weighted by atomic mass is 16.8. The lowest BCUT2D eigenvalue weighted by molar-refractivity contribution is -0.349. The Morgan fingerprint density at radius 3 is 1.27 bits per heavy atom. The van der Waals surface area contributed by atoms with Gasteiger partial charge in [-0.1, -0.05) is 0 Å². The molecule has 16 unspecified atom stereocenters. The highest BCUT2D eigenvalue weighted by Crippen LogP contribution is 2.61. The molecule has 1 saturated carbocycles. The van der Waals surface area contributed by atoms with Gasteiger partial charge in [-0.25, -0.2) is 0 Å². The van der Waals surface area contributed by atoms with Crippen molar-refractivity contribution < 1.29 is 114 Å². The fraction of sp³-hybridized carbons (Fsp3) is 0.718. The SMILES string of the molecule is CC(=O)OCC1OC(OC2OC=CC3C(OC4OC(COC(C)=O)C(OC(C)=O)C(OC(C)=O)C4OC(C)=O)C4OC4(COC(C)=O)C23)C(OC(C)=O)C(OC(C)=O)C1OC(C)=O. The van der Waals surface area contributed by atoms with E-state index >= 15 is 0 Å². The Morgan fingerprint density at radius 1 is 0.460 bits per heavy atom. The summed E-state index contributed by atoms with van der Waals surface area (Å²) < 4.78 is 86.4. The summed E-state index contributed by atoms with van der Waals surface area (Å²) in [5.41, 5.74) is -1.45. The van der Waals surface area contributed by atoms with Crippen LogP contribution in [0.1, 0.15) is 62.3 Å². The van der Waals surface area contributed by atoms with Gasteiger partial charge < -0.3 is 71.1 Å². The van der Waals surface area contributed by atoms with Crippen molar-refractivity contribution in [3.63, 3.8) is 0 Å². The van der Waals surface area contributed by atoms with E-state index < -0.39 is 171 Å². The summed E-state index contributed by atoms with van der Waals surface area (Å²) in [4.78, 5) is 110. The molecule has 5 aliphatic rings. The van der Waals surface area contributed by atoms with Crippen molar-refractivity contribution in [2.24, 2.45) is 11.8 Å². The maximum Gasteiger partial charge on any atom is 0.303 e. The van der Waals surface area contributed by atoms with E-state index in [4.69, 9.17) is 71.1 Å². The summed E-state index contributed by atoms with van der Waals surface area (Å²) in [6.07, 6.45) is -16.2. The van der Waals surface area contributed by atoms with Crippen molar-refractivity contribution in [3.8, 4) is 0 Å². The normalized spacial score (nSPS) is 36.0. The number of carbonyl (C=O) groups excluding carboxylic acids is 9. The number of hydrogen-bond acceptors (Lipinski definition) is 24. The molecule has 24 heteroatoms. The zero-order valence-corrected chi connectivity index (χ0v) is 35.7. The molecule has 24 nitrogen and oxygen atoms in total. The molecule has 0 aromatic rings. The molecular weight excluding hydrogens is 852 g/mol. The minimum atomic E-state index is -1.72. The molecule has 0 aromatic heterocycles. The molecule has 1 aliphatic carbocycles. The van der Waals surface area contributed by atoms with Crippen molar-refractivity contribution in [3.05, 3.63) is 12.3 Å². The molecule has 0 amide bonds. The molecule has 0 bridgehead atoms. The van der Waals surface area contributed by atoms with Gasteiger partial charge in [0.2, 0.25) is 12.6 Å². The molecular formula is C39H50O24. The number of ether oxygens (including phenoxy) is 15. The lowest BCUT2D eigenvalue weighted by Gasteiger charge is -2.46. The smallest absolute Gasteiger partial charge is 0.303 e. The molecule has 0 radical (unpaired) electrons. The second kappa shape index (κ2) is 20.4. The minimum Gasteiger partial charge on any atom is -0.472 e. The predicted octanol–water partition coefficient (Wildman–Crippen LogP) is -0.629. The van der Waals surface area contributed by atoms with E-state index in [0.717, 1.165) is 62.3 Å². The second-order valence-electron chi connectivity index (χ2n) is 15.1. The van der Waals surface area contributed by atoms with Gasteiger partial charge in [-0.3, -0.25) is 43.2 Å². The number of carbonyl (C=O) groups is 9. The van der Waals surface area contributed by atoms with Crippen LogP contribution in [0.2, 0.25) is 0 Å². The molecule has 63 heavy (non-hydrogen) atoms. The third-order valence-corrected chi connectivity index (χ3v) is 10.2. The topological polar surface area (TPSA) is 295 Å². The number of esters is 9. The zero-order chi connectivity index (χ0) is 46.5. The van der Waals surface area contributed by atoms with E-state index in [-0.39, 0.29) is 0 Å². The third-order valence-electron chi connectivity index (χ3n) is 10.2. The van der Waals surface area contributed by atoms with E-state index in [0.29, 0.717) is 0 Å². The van der Waals surface area contributed by atoms with Gasteiger partial charge in [0.05, 0.1) is 18.3 Å². The lowest BCUT2D eigenvalue weighted by atomic mass is 9.85.